The van der Waals surface area contributed by atoms with Crippen LogP contribution in [0.15, 0.2) is 65.7 Å². The molecular formula is C24H27N3O6S. The molecule has 180 valence electrons. The quantitative estimate of drug-likeness (QED) is 0.442. The smallest absolute Gasteiger partial charge is 0.262 e. The number of benzene rings is 2. The number of carbonyl (C=O) groups is 1. The van der Waals surface area contributed by atoms with E-state index in [0.717, 1.165) is 6.42 Å². The van der Waals surface area contributed by atoms with E-state index >= 15 is 0 Å². The van der Waals surface area contributed by atoms with Gasteiger partial charge in [-0.3, -0.25) is 9.52 Å². The van der Waals surface area contributed by atoms with Crippen LogP contribution in [0.3, 0.4) is 0 Å². The van der Waals surface area contributed by atoms with Crippen molar-refractivity contribution in [3.05, 3.63) is 66.4 Å². The Hall–Kier alpha value is -3.79. The highest BCUT2D eigenvalue weighted by atomic mass is 32.2. The highest BCUT2D eigenvalue weighted by molar-refractivity contribution is 7.92. The van der Waals surface area contributed by atoms with E-state index in [1.165, 1.54) is 38.6 Å². The van der Waals surface area contributed by atoms with Crippen LogP contribution < -0.4 is 24.2 Å². The zero-order valence-corrected chi connectivity index (χ0v) is 20.2. The molecule has 0 fully saturated rings. The molecule has 0 saturated heterocycles. The summed E-state index contributed by atoms with van der Waals surface area (Å²) in [4.78, 5) is 16.3. The first-order valence-corrected chi connectivity index (χ1v) is 12.0. The average Bonchev–Trinajstić information content (AvgIpc) is 2.84. The number of nitrogens with one attached hydrogen (secondary N) is 2. The number of anilines is 1. The van der Waals surface area contributed by atoms with Gasteiger partial charge in [0.25, 0.3) is 15.9 Å². The minimum atomic E-state index is -3.84. The molecule has 1 heterocycles. The third-order valence-electron chi connectivity index (χ3n) is 4.98. The molecule has 3 rings (SSSR count). The summed E-state index contributed by atoms with van der Waals surface area (Å²) in [5, 5.41) is 2.87. The number of amides is 1. The summed E-state index contributed by atoms with van der Waals surface area (Å²) >= 11 is 0. The molecule has 1 atom stereocenters. The van der Waals surface area contributed by atoms with Crippen LogP contribution in [-0.2, 0) is 10.0 Å². The van der Waals surface area contributed by atoms with Gasteiger partial charge < -0.3 is 19.5 Å². The van der Waals surface area contributed by atoms with Gasteiger partial charge in [-0.2, -0.15) is 0 Å². The average molecular weight is 486 g/mol. The van der Waals surface area contributed by atoms with Gasteiger partial charge in [0, 0.05) is 30.1 Å². The van der Waals surface area contributed by atoms with Crippen molar-refractivity contribution >= 4 is 21.6 Å². The number of nitrogens with zero attached hydrogens (tertiary/aromatic N) is 1. The highest BCUT2D eigenvalue weighted by Gasteiger charge is 2.17. The van der Waals surface area contributed by atoms with Crippen molar-refractivity contribution in [2.75, 3.05) is 18.9 Å². The Labute approximate surface area is 199 Å². The van der Waals surface area contributed by atoms with Gasteiger partial charge in [0.05, 0.1) is 24.7 Å². The van der Waals surface area contributed by atoms with E-state index in [2.05, 4.69) is 15.0 Å². The Balaban J connectivity index is 1.65. The van der Waals surface area contributed by atoms with E-state index in [9.17, 15) is 13.2 Å². The third kappa shape index (κ3) is 6.16. The maximum Gasteiger partial charge on any atom is 0.262 e. The molecule has 0 aliphatic rings. The van der Waals surface area contributed by atoms with Gasteiger partial charge >= 0.3 is 0 Å². The molecule has 1 aromatic heterocycles. The van der Waals surface area contributed by atoms with Crippen LogP contribution in [0.25, 0.3) is 0 Å². The number of carbonyl (C=O) groups excluding carboxylic acids is 1. The molecule has 2 aromatic carbocycles. The van der Waals surface area contributed by atoms with Crippen molar-refractivity contribution in [2.24, 2.45) is 0 Å². The monoisotopic (exact) mass is 485 g/mol. The molecule has 0 radical (unpaired) electrons. The second kappa shape index (κ2) is 10.9. The van der Waals surface area contributed by atoms with Crippen molar-refractivity contribution < 1.29 is 27.4 Å². The molecule has 0 bridgehead atoms. The number of pyridine rings is 1. The van der Waals surface area contributed by atoms with Crippen LogP contribution in [0.5, 0.6) is 23.1 Å². The lowest BCUT2D eigenvalue weighted by molar-refractivity contribution is 0.0939. The van der Waals surface area contributed by atoms with Gasteiger partial charge in [-0.15, -0.1) is 0 Å². The van der Waals surface area contributed by atoms with Crippen molar-refractivity contribution in [3.8, 4) is 23.1 Å². The molecule has 0 spiro atoms. The summed E-state index contributed by atoms with van der Waals surface area (Å²) < 4.78 is 44.0. The first kappa shape index (κ1) is 24.8. The number of sulfonamides is 1. The summed E-state index contributed by atoms with van der Waals surface area (Å²) in [6.07, 6.45) is 2.28. The standard InChI is InChI=1S/C24H27N3O6S/c1-5-16(2)26-24(28)17-6-13-23(25-15-17)33-19-9-7-18(8-10-19)27-34(29,30)20-11-12-21(31-3)22(14-20)32-4/h6-16,27H,5H2,1-4H3,(H,26,28)/t16-/m0/s1. The van der Waals surface area contributed by atoms with E-state index in [1.54, 1.807) is 36.4 Å². The zero-order chi connectivity index (χ0) is 24.7. The SMILES string of the molecule is CC[C@H](C)NC(=O)c1ccc(Oc2ccc(NS(=O)(=O)c3ccc(OC)c(OC)c3)cc2)nc1. The molecule has 2 N–H and O–H groups in total. The zero-order valence-electron chi connectivity index (χ0n) is 19.4. The summed E-state index contributed by atoms with van der Waals surface area (Å²) in [6.45, 7) is 3.92. The van der Waals surface area contributed by atoms with E-state index in [0.29, 0.717) is 34.4 Å². The molecule has 0 aliphatic carbocycles. The Morgan fingerprint density at radius 1 is 1.00 bits per heavy atom. The predicted molar refractivity (Wildman–Crippen MR) is 128 cm³/mol. The Morgan fingerprint density at radius 3 is 2.29 bits per heavy atom. The molecular weight excluding hydrogens is 458 g/mol. The van der Waals surface area contributed by atoms with E-state index in [4.69, 9.17) is 14.2 Å². The van der Waals surface area contributed by atoms with Gasteiger partial charge in [0.2, 0.25) is 5.88 Å². The number of methoxy groups -OCH3 is 2. The Morgan fingerprint density at radius 2 is 1.71 bits per heavy atom. The van der Waals surface area contributed by atoms with E-state index in [-0.39, 0.29) is 16.8 Å². The largest absolute Gasteiger partial charge is 0.493 e. The van der Waals surface area contributed by atoms with E-state index < -0.39 is 10.0 Å². The number of rotatable bonds is 10. The lowest BCUT2D eigenvalue weighted by Gasteiger charge is -2.12. The molecule has 0 unspecified atom stereocenters. The van der Waals surface area contributed by atoms with Crippen LogP contribution in [0.4, 0.5) is 5.69 Å². The first-order valence-electron chi connectivity index (χ1n) is 10.6. The van der Waals surface area contributed by atoms with Crippen LogP contribution in [0.2, 0.25) is 0 Å². The highest BCUT2D eigenvalue weighted by Crippen LogP contribution is 2.30. The number of hydrogen-bond acceptors (Lipinski definition) is 7. The number of aromatic nitrogens is 1. The molecule has 34 heavy (non-hydrogen) atoms. The molecule has 3 aromatic rings. The molecule has 9 nitrogen and oxygen atoms in total. The Kier molecular flexibility index (Phi) is 7.95. The van der Waals surface area contributed by atoms with Crippen LogP contribution in [0.1, 0.15) is 30.6 Å². The normalized spacial score (nSPS) is 11.9. The van der Waals surface area contributed by atoms with Crippen molar-refractivity contribution in [3.63, 3.8) is 0 Å². The lowest BCUT2D eigenvalue weighted by atomic mass is 10.2. The minimum absolute atomic E-state index is 0.0344. The fourth-order valence-electron chi connectivity index (χ4n) is 2.89. The van der Waals surface area contributed by atoms with Gasteiger partial charge in [-0.05, 0) is 55.8 Å². The van der Waals surface area contributed by atoms with Crippen LogP contribution in [-0.4, -0.2) is 39.6 Å². The summed E-state index contributed by atoms with van der Waals surface area (Å²) in [5.41, 5.74) is 0.791. The van der Waals surface area contributed by atoms with Crippen molar-refractivity contribution in [1.29, 1.82) is 0 Å². The number of hydrogen-bond donors (Lipinski definition) is 2. The predicted octanol–water partition coefficient (Wildman–Crippen LogP) is 4.22. The fraction of sp³-hybridized carbons (Fsp3) is 0.250. The lowest BCUT2D eigenvalue weighted by Crippen LogP contribution is -2.31. The molecule has 1 amide bonds. The molecule has 10 heteroatoms. The van der Waals surface area contributed by atoms with Gasteiger partial charge in [0.1, 0.15) is 5.75 Å². The van der Waals surface area contributed by atoms with Crippen LogP contribution >= 0.6 is 0 Å². The topological polar surface area (TPSA) is 116 Å². The maximum atomic E-state index is 12.7. The second-order valence-electron chi connectivity index (χ2n) is 7.42. The van der Waals surface area contributed by atoms with Crippen molar-refractivity contribution in [2.45, 2.75) is 31.2 Å². The van der Waals surface area contributed by atoms with E-state index in [1.807, 2.05) is 13.8 Å². The second-order valence-corrected chi connectivity index (χ2v) is 9.10. The van der Waals surface area contributed by atoms with Gasteiger partial charge in [-0.25, -0.2) is 13.4 Å². The summed E-state index contributed by atoms with van der Waals surface area (Å²) in [7, 11) is -0.933. The first-order chi connectivity index (χ1) is 16.2. The molecule has 0 saturated carbocycles. The minimum Gasteiger partial charge on any atom is -0.493 e. The maximum absolute atomic E-state index is 12.7. The van der Waals surface area contributed by atoms with Crippen molar-refractivity contribution in [1.82, 2.24) is 10.3 Å². The summed E-state index contributed by atoms with van der Waals surface area (Å²) in [5.74, 6) is 1.31. The number of ether oxygens (including phenoxy) is 3. The third-order valence-corrected chi connectivity index (χ3v) is 6.36. The molecule has 0 aliphatic heterocycles. The fourth-order valence-corrected chi connectivity index (χ4v) is 3.97. The van der Waals surface area contributed by atoms with Gasteiger partial charge in [0.15, 0.2) is 11.5 Å². The Bertz CT molecular complexity index is 1230. The summed E-state index contributed by atoms with van der Waals surface area (Å²) in [6, 6.07) is 14.0. The van der Waals surface area contributed by atoms with Crippen LogP contribution in [0, 0.1) is 0 Å². The van der Waals surface area contributed by atoms with Gasteiger partial charge in [-0.1, -0.05) is 6.92 Å².